The summed E-state index contributed by atoms with van der Waals surface area (Å²) in [6.07, 6.45) is 3.38. The molecule has 0 spiro atoms. The van der Waals surface area contributed by atoms with Crippen LogP contribution < -0.4 is 16.0 Å². The van der Waals surface area contributed by atoms with Gasteiger partial charge in [-0.05, 0) is 30.7 Å². The minimum absolute atomic E-state index is 0.129. The molecule has 1 heterocycles. The number of rotatable bonds is 8. The molecule has 1 aromatic heterocycles. The quantitative estimate of drug-likeness (QED) is 0.656. The number of aromatic nitrogens is 1. The molecule has 0 fully saturated rings. The van der Waals surface area contributed by atoms with Gasteiger partial charge in [0.05, 0.1) is 0 Å². The maximum atomic E-state index is 11.6. The molecule has 3 N–H and O–H groups in total. The Balaban J connectivity index is 1.49. The van der Waals surface area contributed by atoms with Gasteiger partial charge in [-0.1, -0.05) is 24.3 Å². The van der Waals surface area contributed by atoms with Gasteiger partial charge in [-0.25, -0.2) is 4.79 Å². The average Bonchev–Trinajstić information content (AvgIpc) is 2.56. The molecule has 22 heavy (non-hydrogen) atoms. The van der Waals surface area contributed by atoms with Crippen LogP contribution in [0.3, 0.4) is 0 Å². The number of amides is 2. The summed E-state index contributed by atoms with van der Waals surface area (Å²) < 4.78 is 0. The van der Waals surface area contributed by atoms with Crippen molar-refractivity contribution in [1.29, 1.82) is 0 Å². The summed E-state index contributed by atoms with van der Waals surface area (Å²) in [7, 11) is 0. The fraction of sp³-hybridized carbons (Fsp3) is 0.294. The molecule has 2 rings (SSSR count). The van der Waals surface area contributed by atoms with Crippen LogP contribution in [0.1, 0.15) is 12.1 Å². The zero-order chi connectivity index (χ0) is 15.5. The predicted octanol–water partition coefficient (Wildman–Crippen LogP) is 2.43. The third-order valence-electron chi connectivity index (χ3n) is 3.13. The molecular formula is C17H22N4O. The third kappa shape index (κ3) is 6.26. The Bertz CT molecular complexity index is 545. The number of para-hydroxylation sites is 1. The molecule has 5 heteroatoms. The minimum Gasteiger partial charge on any atom is -0.385 e. The maximum Gasteiger partial charge on any atom is 0.314 e. The topological polar surface area (TPSA) is 66.1 Å². The first-order chi connectivity index (χ1) is 10.8. The van der Waals surface area contributed by atoms with Crippen molar-refractivity contribution >= 4 is 11.7 Å². The fourth-order valence-electron chi connectivity index (χ4n) is 1.99. The van der Waals surface area contributed by atoms with Crippen LogP contribution in [0, 0.1) is 0 Å². The molecule has 0 bridgehead atoms. The van der Waals surface area contributed by atoms with Gasteiger partial charge in [0, 0.05) is 43.6 Å². The van der Waals surface area contributed by atoms with E-state index < -0.39 is 0 Å². The van der Waals surface area contributed by atoms with E-state index in [4.69, 9.17) is 0 Å². The van der Waals surface area contributed by atoms with E-state index in [0.717, 1.165) is 30.8 Å². The van der Waals surface area contributed by atoms with E-state index >= 15 is 0 Å². The Morgan fingerprint density at radius 3 is 2.45 bits per heavy atom. The van der Waals surface area contributed by atoms with Gasteiger partial charge in [-0.15, -0.1) is 0 Å². The minimum atomic E-state index is -0.129. The van der Waals surface area contributed by atoms with Crippen molar-refractivity contribution in [2.75, 3.05) is 25.0 Å². The first kappa shape index (κ1) is 15.8. The number of urea groups is 1. The lowest BCUT2D eigenvalue weighted by Gasteiger charge is -2.08. The third-order valence-corrected chi connectivity index (χ3v) is 3.13. The van der Waals surface area contributed by atoms with E-state index in [-0.39, 0.29) is 6.03 Å². The van der Waals surface area contributed by atoms with Crippen molar-refractivity contribution in [2.45, 2.75) is 12.8 Å². The largest absolute Gasteiger partial charge is 0.385 e. The monoisotopic (exact) mass is 298 g/mol. The van der Waals surface area contributed by atoms with Crippen LogP contribution in [0.15, 0.2) is 54.7 Å². The lowest BCUT2D eigenvalue weighted by molar-refractivity contribution is 0.241. The average molecular weight is 298 g/mol. The summed E-state index contributed by atoms with van der Waals surface area (Å²) in [5.41, 5.74) is 2.08. The Hall–Kier alpha value is -2.56. The highest BCUT2D eigenvalue weighted by atomic mass is 16.2. The first-order valence-electron chi connectivity index (χ1n) is 7.55. The van der Waals surface area contributed by atoms with Crippen molar-refractivity contribution in [2.24, 2.45) is 0 Å². The summed E-state index contributed by atoms with van der Waals surface area (Å²) in [5.74, 6) is 0. The molecule has 1 aromatic carbocycles. The van der Waals surface area contributed by atoms with Gasteiger partial charge in [-0.2, -0.15) is 0 Å². The summed E-state index contributed by atoms with van der Waals surface area (Å²) in [6, 6.07) is 15.7. The number of nitrogens with one attached hydrogen (secondary N) is 3. The van der Waals surface area contributed by atoms with Crippen LogP contribution in [-0.2, 0) is 6.42 Å². The summed E-state index contributed by atoms with van der Waals surface area (Å²) in [6.45, 7) is 2.07. The number of hydrogen-bond acceptors (Lipinski definition) is 3. The molecule has 0 aliphatic rings. The van der Waals surface area contributed by atoms with E-state index in [2.05, 4.69) is 20.9 Å². The van der Waals surface area contributed by atoms with Gasteiger partial charge in [-0.3, -0.25) is 4.98 Å². The number of pyridine rings is 1. The Labute approximate surface area is 131 Å². The molecule has 2 aromatic rings. The Morgan fingerprint density at radius 2 is 1.68 bits per heavy atom. The number of carbonyl (C=O) groups is 1. The van der Waals surface area contributed by atoms with Gasteiger partial charge in [0.15, 0.2) is 0 Å². The molecule has 0 atom stereocenters. The molecule has 0 radical (unpaired) electrons. The first-order valence-corrected chi connectivity index (χ1v) is 7.55. The SMILES string of the molecule is O=C(NCCCNc1ccccc1)NCCc1ccccn1. The van der Waals surface area contributed by atoms with Gasteiger partial charge < -0.3 is 16.0 Å². The predicted molar refractivity (Wildman–Crippen MR) is 88.9 cm³/mol. The molecule has 2 amide bonds. The van der Waals surface area contributed by atoms with E-state index in [0.29, 0.717) is 13.1 Å². The van der Waals surface area contributed by atoms with Crippen molar-refractivity contribution in [3.05, 3.63) is 60.4 Å². The summed E-state index contributed by atoms with van der Waals surface area (Å²) in [5, 5.41) is 8.98. The van der Waals surface area contributed by atoms with Gasteiger partial charge >= 0.3 is 6.03 Å². The highest BCUT2D eigenvalue weighted by molar-refractivity contribution is 5.73. The number of anilines is 1. The maximum absolute atomic E-state index is 11.6. The molecule has 116 valence electrons. The lowest BCUT2D eigenvalue weighted by atomic mass is 10.3. The van der Waals surface area contributed by atoms with E-state index in [9.17, 15) is 4.79 Å². The second kappa shape index (κ2) is 9.39. The van der Waals surface area contributed by atoms with Crippen LogP contribution >= 0.6 is 0 Å². The van der Waals surface area contributed by atoms with Gasteiger partial charge in [0.2, 0.25) is 0 Å². The summed E-state index contributed by atoms with van der Waals surface area (Å²) in [4.78, 5) is 15.8. The molecule has 0 aliphatic carbocycles. The smallest absolute Gasteiger partial charge is 0.314 e. The highest BCUT2D eigenvalue weighted by Crippen LogP contribution is 2.04. The highest BCUT2D eigenvalue weighted by Gasteiger charge is 1.99. The Morgan fingerprint density at radius 1 is 0.909 bits per heavy atom. The second-order valence-electron chi connectivity index (χ2n) is 4.90. The zero-order valence-electron chi connectivity index (χ0n) is 12.6. The fourth-order valence-corrected chi connectivity index (χ4v) is 1.99. The van der Waals surface area contributed by atoms with E-state index in [1.807, 2.05) is 48.5 Å². The summed E-state index contributed by atoms with van der Waals surface area (Å²) >= 11 is 0. The van der Waals surface area contributed by atoms with E-state index in [1.54, 1.807) is 6.20 Å². The second-order valence-corrected chi connectivity index (χ2v) is 4.90. The lowest BCUT2D eigenvalue weighted by Crippen LogP contribution is -2.37. The number of nitrogens with zero attached hydrogens (tertiary/aromatic N) is 1. The van der Waals surface area contributed by atoms with Crippen molar-refractivity contribution < 1.29 is 4.79 Å². The number of benzene rings is 1. The number of carbonyl (C=O) groups excluding carboxylic acids is 1. The van der Waals surface area contributed by atoms with Crippen molar-refractivity contribution in [3.8, 4) is 0 Å². The molecule has 5 nitrogen and oxygen atoms in total. The van der Waals surface area contributed by atoms with Crippen LogP contribution in [0.5, 0.6) is 0 Å². The van der Waals surface area contributed by atoms with Crippen LogP contribution in [0.25, 0.3) is 0 Å². The van der Waals surface area contributed by atoms with Crippen LogP contribution in [0.4, 0.5) is 10.5 Å². The van der Waals surface area contributed by atoms with Crippen molar-refractivity contribution in [3.63, 3.8) is 0 Å². The standard InChI is InChI=1S/C17H22N4O/c22-17(21-14-10-16-9-4-5-11-18-16)20-13-6-12-19-15-7-2-1-3-8-15/h1-5,7-9,11,19H,6,10,12-14H2,(H2,20,21,22). The van der Waals surface area contributed by atoms with Gasteiger partial charge in [0.25, 0.3) is 0 Å². The Kier molecular flexibility index (Phi) is 6.75. The van der Waals surface area contributed by atoms with Crippen LogP contribution in [0.2, 0.25) is 0 Å². The van der Waals surface area contributed by atoms with E-state index in [1.165, 1.54) is 0 Å². The normalized spacial score (nSPS) is 10.0. The van der Waals surface area contributed by atoms with Crippen LogP contribution in [-0.4, -0.2) is 30.6 Å². The van der Waals surface area contributed by atoms with Gasteiger partial charge in [0.1, 0.15) is 0 Å². The molecule has 0 aliphatic heterocycles. The zero-order valence-corrected chi connectivity index (χ0v) is 12.6. The molecule has 0 unspecified atom stereocenters. The van der Waals surface area contributed by atoms with Crippen molar-refractivity contribution in [1.82, 2.24) is 15.6 Å². The molecule has 0 saturated heterocycles. The number of hydrogen-bond donors (Lipinski definition) is 3. The molecular weight excluding hydrogens is 276 g/mol. The molecule has 0 saturated carbocycles.